The average Bonchev–Trinajstić information content (AvgIpc) is 2.78. The quantitative estimate of drug-likeness (QED) is 0.867. The number of aliphatic hydroxyl groups is 1. The number of thioether (sulfide) groups is 1. The first kappa shape index (κ1) is 13.7. The summed E-state index contributed by atoms with van der Waals surface area (Å²) >= 11 is 7.53. The number of amides is 1. The summed E-state index contributed by atoms with van der Waals surface area (Å²) in [5, 5.41) is 9.93. The van der Waals surface area contributed by atoms with E-state index in [-0.39, 0.29) is 17.3 Å². The van der Waals surface area contributed by atoms with Gasteiger partial charge < -0.3 is 10.0 Å². The number of rotatable bonds is 3. The van der Waals surface area contributed by atoms with Crippen LogP contribution in [0.3, 0.4) is 0 Å². The molecule has 0 aromatic heterocycles. The molecule has 0 bridgehead atoms. The highest BCUT2D eigenvalue weighted by Gasteiger charge is 2.28. The molecule has 1 fully saturated rings. The number of likely N-dealkylation sites (tertiary alicyclic amines) is 1. The van der Waals surface area contributed by atoms with E-state index in [0.717, 1.165) is 4.90 Å². The van der Waals surface area contributed by atoms with Crippen LogP contribution in [0.4, 0.5) is 0 Å². The Morgan fingerprint density at radius 3 is 2.89 bits per heavy atom. The summed E-state index contributed by atoms with van der Waals surface area (Å²) in [6.07, 6.45) is 0.307. The third kappa shape index (κ3) is 3.19. The summed E-state index contributed by atoms with van der Waals surface area (Å²) in [5.74, 6) is 0.0662. The highest BCUT2D eigenvalue weighted by Crippen LogP contribution is 2.31. The van der Waals surface area contributed by atoms with E-state index in [0.29, 0.717) is 24.5 Å². The van der Waals surface area contributed by atoms with Crippen molar-refractivity contribution in [1.29, 1.82) is 0 Å². The molecule has 1 unspecified atom stereocenters. The van der Waals surface area contributed by atoms with E-state index < -0.39 is 0 Å². The summed E-state index contributed by atoms with van der Waals surface area (Å²) < 4.78 is 0. The molecule has 1 saturated heterocycles. The summed E-state index contributed by atoms with van der Waals surface area (Å²) in [4.78, 5) is 14.8. The van der Waals surface area contributed by atoms with Crippen LogP contribution in [0.25, 0.3) is 0 Å². The normalized spacial score (nSPS) is 21.1. The van der Waals surface area contributed by atoms with Gasteiger partial charge in [-0.25, -0.2) is 0 Å². The first-order chi connectivity index (χ1) is 8.58. The topological polar surface area (TPSA) is 40.5 Å². The predicted molar refractivity (Wildman–Crippen MR) is 74.0 cm³/mol. The van der Waals surface area contributed by atoms with Gasteiger partial charge >= 0.3 is 0 Å². The summed E-state index contributed by atoms with van der Waals surface area (Å²) in [6.45, 7) is 2.97. The minimum absolute atomic E-state index is 0.0662. The smallest absolute Gasteiger partial charge is 0.235 e. The number of nitrogens with zero attached hydrogens (tertiary/aromatic N) is 1. The van der Waals surface area contributed by atoms with Gasteiger partial charge in [0, 0.05) is 18.0 Å². The van der Waals surface area contributed by atoms with Crippen molar-refractivity contribution in [3.8, 4) is 0 Å². The fourth-order valence-corrected chi connectivity index (χ4v) is 3.22. The maximum Gasteiger partial charge on any atom is 0.235 e. The van der Waals surface area contributed by atoms with Gasteiger partial charge in [0.05, 0.1) is 16.4 Å². The summed E-state index contributed by atoms with van der Waals surface area (Å²) in [7, 11) is 0. The molecule has 1 aromatic rings. The van der Waals surface area contributed by atoms with Crippen LogP contribution in [0.1, 0.15) is 13.3 Å². The van der Waals surface area contributed by atoms with E-state index in [2.05, 4.69) is 0 Å². The van der Waals surface area contributed by atoms with Crippen molar-refractivity contribution >= 4 is 29.3 Å². The number of carbonyl (C=O) groups excluding carboxylic acids is 1. The number of aliphatic hydroxyl groups excluding tert-OH is 1. The van der Waals surface area contributed by atoms with Gasteiger partial charge in [0.15, 0.2) is 0 Å². The molecule has 18 heavy (non-hydrogen) atoms. The van der Waals surface area contributed by atoms with Crippen molar-refractivity contribution in [3.63, 3.8) is 0 Å². The van der Waals surface area contributed by atoms with E-state index >= 15 is 0 Å². The number of hydrogen-bond acceptors (Lipinski definition) is 3. The standard InChI is InChI=1S/C13H16ClNO2S/c1-9(13(17)15-7-6-10(16)8-15)18-12-5-3-2-4-11(12)14/h2-5,9-10,16H,6-8H2,1H3/t9?,10-/m1/s1. The van der Waals surface area contributed by atoms with Gasteiger partial charge in [-0.05, 0) is 25.5 Å². The predicted octanol–water partition coefficient (Wildman–Crippen LogP) is 2.41. The fourth-order valence-electron chi connectivity index (χ4n) is 1.98. The highest BCUT2D eigenvalue weighted by atomic mass is 35.5. The molecule has 3 nitrogen and oxygen atoms in total. The molecular formula is C13H16ClNO2S. The van der Waals surface area contributed by atoms with Crippen molar-refractivity contribution in [2.45, 2.75) is 29.6 Å². The number of hydrogen-bond donors (Lipinski definition) is 1. The molecule has 1 amide bonds. The number of carbonyl (C=O) groups is 1. The molecule has 0 aliphatic carbocycles. The van der Waals surface area contributed by atoms with Crippen molar-refractivity contribution in [3.05, 3.63) is 29.3 Å². The Hall–Kier alpha value is -0.710. The fraction of sp³-hybridized carbons (Fsp3) is 0.462. The van der Waals surface area contributed by atoms with Crippen LogP contribution in [-0.2, 0) is 4.79 Å². The summed E-state index contributed by atoms with van der Waals surface area (Å²) in [6, 6.07) is 7.51. The maximum absolute atomic E-state index is 12.2. The molecule has 2 rings (SSSR count). The monoisotopic (exact) mass is 285 g/mol. The van der Waals surface area contributed by atoms with E-state index in [1.807, 2.05) is 31.2 Å². The van der Waals surface area contributed by atoms with Gasteiger partial charge in [-0.15, -0.1) is 11.8 Å². The molecular weight excluding hydrogens is 270 g/mol. The third-order valence-corrected chi connectivity index (χ3v) is 4.57. The van der Waals surface area contributed by atoms with Gasteiger partial charge in [0.1, 0.15) is 0 Å². The van der Waals surface area contributed by atoms with Gasteiger partial charge in [-0.2, -0.15) is 0 Å². The zero-order chi connectivity index (χ0) is 13.1. The van der Waals surface area contributed by atoms with Gasteiger partial charge in [0.25, 0.3) is 0 Å². The van der Waals surface area contributed by atoms with Gasteiger partial charge in [-0.1, -0.05) is 23.7 Å². The van der Waals surface area contributed by atoms with Crippen LogP contribution in [0, 0.1) is 0 Å². The Morgan fingerprint density at radius 1 is 1.56 bits per heavy atom. The first-order valence-corrected chi connectivity index (χ1v) is 7.21. The third-order valence-electron chi connectivity index (χ3n) is 2.96. The average molecular weight is 286 g/mol. The second-order valence-electron chi connectivity index (χ2n) is 4.42. The van der Waals surface area contributed by atoms with E-state index in [4.69, 9.17) is 11.6 Å². The highest BCUT2D eigenvalue weighted by molar-refractivity contribution is 8.00. The molecule has 0 radical (unpaired) electrons. The van der Waals surface area contributed by atoms with E-state index in [9.17, 15) is 9.90 Å². The molecule has 2 atom stereocenters. The maximum atomic E-state index is 12.2. The van der Waals surface area contributed by atoms with Crippen LogP contribution in [0.15, 0.2) is 29.2 Å². The number of halogens is 1. The molecule has 1 aliphatic rings. The van der Waals surface area contributed by atoms with Crippen LogP contribution in [-0.4, -0.2) is 40.4 Å². The second-order valence-corrected chi connectivity index (χ2v) is 6.21. The lowest BCUT2D eigenvalue weighted by Gasteiger charge is -2.20. The van der Waals surface area contributed by atoms with Crippen LogP contribution in [0.2, 0.25) is 5.02 Å². The molecule has 1 heterocycles. The molecule has 98 valence electrons. The summed E-state index contributed by atoms with van der Waals surface area (Å²) in [5.41, 5.74) is 0. The zero-order valence-corrected chi connectivity index (χ0v) is 11.7. The molecule has 0 saturated carbocycles. The van der Waals surface area contributed by atoms with Gasteiger partial charge in [0.2, 0.25) is 5.91 Å². The lowest BCUT2D eigenvalue weighted by Crippen LogP contribution is -2.35. The van der Waals surface area contributed by atoms with Crippen LogP contribution < -0.4 is 0 Å². The van der Waals surface area contributed by atoms with Gasteiger partial charge in [-0.3, -0.25) is 4.79 Å². The van der Waals surface area contributed by atoms with Crippen molar-refractivity contribution < 1.29 is 9.90 Å². The Kier molecular flexibility index (Phi) is 4.54. The number of β-amino-alcohol motifs (C(OH)–C–C–N with tert-alkyl or cyclic N) is 1. The van der Waals surface area contributed by atoms with Crippen molar-refractivity contribution in [2.24, 2.45) is 0 Å². The Labute approximate surface area is 116 Å². The zero-order valence-electron chi connectivity index (χ0n) is 10.2. The van der Waals surface area contributed by atoms with Crippen molar-refractivity contribution in [2.75, 3.05) is 13.1 Å². The lowest BCUT2D eigenvalue weighted by molar-refractivity contribution is -0.129. The Bertz CT molecular complexity index is 441. The lowest BCUT2D eigenvalue weighted by atomic mass is 10.3. The second kappa shape index (κ2) is 5.95. The molecule has 1 aliphatic heterocycles. The molecule has 1 N–H and O–H groups in total. The first-order valence-electron chi connectivity index (χ1n) is 5.96. The van der Waals surface area contributed by atoms with Crippen LogP contribution in [0.5, 0.6) is 0 Å². The van der Waals surface area contributed by atoms with Crippen LogP contribution >= 0.6 is 23.4 Å². The van der Waals surface area contributed by atoms with E-state index in [1.54, 1.807) is 4.90 Å². The Balaban J connectivity index is 1.98. The minimum Gasteiger partial charge on any atom is -0.391 e. The van der Waals surface area contributed by atoms with Crippen molar-refractivity contribution in [1.82, 2.24) is 4.90 Å². The van der Waals surface area contributed by atoms with E-state index in [1.165, 1.54) is 11.8 Å². The largest absolute Gasteiger partial charge is 0.391 e. The molecule has 5 heteroatoms. The molecule has 1 aromatic carbocycles. The minimum atomic E-state index is -0.369. The number of benzene rings is 1. The molecule has 0 spiro atoms. The SMILES string of the molecule is CC(Sc1ccccc1Cl)C(=O)N1CC[C@@H](O)C1. The Morgan fingerprint density at radius 2 is 2.28 bits per heavy atom.